The number of piperazine rings is 1. The van der Waals surface area contributed by atoms with Crippen LogP contribution in [0.3, 0.4) is 0 Å². The van der Waals surface area contributed by atoms with E-state index < -0.39 is 0 Å². The van der Waals surface area contributed by atoms with Gasteiger partial charge in [0.15, 0.2) is 5.82 Å². The molecule has 3 aliphatic rings. The van der Waals surface area contributed by atoms with Crippen molar-refractivity contribution in [2.75, 3.05) is 54.9 Å². The van der Waals surface area contributed by atoms with Crippen LogP contribution in [-0.4, -0.2) is 92.0 Å². The average Bonchev–Trinajstić information content (AvgIpc) is 3.58. The van der Waals surface area contributed by atoms with Gasteiger partial charge in [-0.3, -0.25) is 14.9 Å². The lowest BCUT2D eigenvalue weighted by Gasteiger charge is -2.40. The maximum Gasteiger partial charge on any atom is 0.244 e. The zero-order chi connectivity index (χ0) is 25.1. The number of halogens is 1. The Morgan fingerprint density at radius 1 is 1.19 bits per heavy atom. The fraction of sp³-hybridized carbons (Fsp3) is 0.545. The molecule has 36 heavy (non-hydrogen) atoms. The molecule has 0 radical (unpaired) electrons. The van der Waals surface area contributed by atoms with Crippen LogP contribution in [0.1, 0.15) is 30.9 Å². The average molecular weight is 606 g/mol. The van der Waals surface area contributed by atoms with Gasteiger partial charge in [0, 0.05) is 69.0 Å². The highest BCUT2D eigenvalue weighted by Gasteiger charge is 2.37. The van der Waals surface area contributed by atoms with Crippen LogP contribution in [0.5, 0.6) is 0 Å². The highest BCUT2D eigenvalue weighted by Crippen LogP contribution is 2.39. The minimum absolute atomic E-state index is 0.0960. The van der Waals surface area contributed by atoms with Crippen molar-refractivity contribution in [3.8, 4) is 0 Å². The van der Waals surface area contributed by atoms with Gasteiger partial charge in [-0.2, -0.15) is 20.1 Å². The Bertz CT molecular complexity index is 1120. The number of hydrogen-bond donors (Lipinski definition) is 4. The number of H-pyrrole nitrogens is 1. The summed E-state index contributed by atoms with van der Waals surface area (Å²) >= 11 is 2.11. The highest BCUT2D eigenvalue weighted by molar-refractivity contribution is 14.1. The van der Waals surface area contributed by atoms with Crippen molar-refractivity contribution < 1.29 is 4.79 Å². The van der Waals surface area contributed by atoms with Gasteiger partial charge >= 0.3 is 0 Å². The van der Waals surface area contributed by atoms with Crippen molar-refractivity contribution in [2.24, 2.45) is 10.7 Å². The van der Waals surface area contributed by atoms with Crippen LogP contribution >= 0.6 is 22.6 Å². The molecule has 0 bridgehead atoms. The van der Waals surface area contributed by atoms with E-state index in [2.05, 4.69) is 70.2 Å². The molecule has 3 fully saturated rings. The molecule has 13 nitrogen and oxygen atoms in total. The van der Waals surface area contributed by atoms with E-state index >= 15 is 0 Å². The van der Waals surface area contributed by atoms with Crippen molar-refractivity contribution >= 4 is 58.4 Å². The number of likely N-dealkylation sites (N-methyl/N-ethyl adjacent to an activating group) is 1. The molecule has 2 aromatic rings. The van der Waals surface area contributed by atoms with E-state index in [0.717, 1.165) is 38.3 Å². The van der Waals surface area contributed by atoms with Crippen LogP contribution in [-0.2, 0) is 4.79 Å². The van der Waals surface area contributed by atoms with Gasteiger partial charge in [-0.25, -0.2) is 0 Å². The van der Waals surface area contributed by atoms with Gasteiger partial charge in [-0.1, -0.05) is 22.6 Å². The largest absolute Gasteiger partial charge is 0.403 e. The summed E-state index contributed by atoms with van der Waals surface area (Å²) in [5.41, 5.74) is 6.43. The topological polar surface area (TPSA) is 157 Å². The molecule has 1 amide bonds. The van der Waals surface area contributed by atoms with Crippen LogP contribution in [0.15, 0.2) is 23.5 Å². The highest BCUT2D eigenvalue weighted by atomic mass is 127. The molecule has 1 saturated carbocycles. The number of aromatic amines is 1. The van der Waals surface area contributed by atoms with E-state index in [1.54, 1.807) is 6.21 Å². The predicted molar refractivity (Wildman–Crippen MR) is 147 cm³/mol. The normalized spacial score (nSPS) is 21.7. The molecular formula is C22H31IN12O. The van der Waals surface area contributed by atoms with E-state index in [1.807, 2.05) is 11.0 Å². The van der Waals surface area contributed by atoms with Gasteiger partial charge < -0.3 is 31.1 Å². The summed E-state index contributed by atoms with van der Waals surface area (Å²) in [4.78, 5) is 37.5. The summed E-state index contributed by atoms with van der Waals surface area (Å²) in [6.45, 7) is 4.20. The fourth-order valence-electron chi connectivity index (χ4n) is 4.15. The first-order chi connectivity index (χ1) is 17.5. The first kappa shape index (κ1) is 24.7. The minimum Gasteiger partial charge on any atom is -0.403 e. The third kappa shape index (κ3) is 5.86. The van der Waals surface area contributed by atoms with Crippen LogP contribution in [0.2, 0.25) is 0 Å². The van der Waals surface area contributed by atoms with E-state index in [1.165, 1.54) is 25.2 Å². The van der Waals surface area contributed by atoms with Crippen LogP contribution in [0, 0.1) is 0 Å². The number of rotatable bonds is 9. The molecule has 14 heteroatoms. The Balaban J connectivity index is 1.34. The number of carbonyl (C=O) groups is 1. The number of alkyl halides is 1. The number of carbonyl (C=O) groups excluding carboxylic acids is 1. The molecule has 5 rings (SSSR count). The molecule has 2 aromatic heterocycles. The van der Waals surface area contributed by atoms with Gasteiger partial charge in [0.2, 0.25) is 23.8 Å². The van der Waals surface area contributed by atoms with Crippen molar-refractivity contribution in [1.82, 2.24) is 35.4 Å². The van der Waals surface area contributed by atoms with E-state index in [0.29, 0.717) is 36.1 Å². The standard InChI is InChI=1S/C22H31IN12O/c1-33-8-10-34(11-9-33)21-28-20(27-18-12-15(31-32-18)14-2-3-14)29-22(30-21)35-7-4-16(35)19(36)26-17(23)13-25-6-5-24/h5-6,12-14,16-17H,2-4,7-11,24H2,1H3,(H,26,36)(H2,27,28,29,30,31,32)/b6-5-,25-13-/t16-,17?/m0/s1. The van der Waals surface area contributed by atoms with Crippen molar-refractivity contribution in [2.45, 2.75) is 35.3 Å². The molecular weight excluding hydrogens is 575 g/mol. The van der Waals surface area contributed by atoms with E-state index in [9.17, 15) is 4.79 Å². The summed E-state index contributed by atoms with van der Waals surface area (Å²) in [7, 11) is 2.11. The summed E-state index contributed by atoms with van der Waals surface area (Å²) in [5.74, 6) is 2.65. The quantitative estimate of drug-likeness (QED) is 0.140. The lowest BCUT2D eigenvalue weighted by Crippen LogP contribution is -2.58. The second-order valence-corrected chi connectivity index (χ2v) is 10.5. The van der Waals surface area contributed by atoms with Crippen LogP contribution in [0.25, 0.3) is 0 Å². The van der Waals surface area contributed by atoms with Gasteiger partial charge in [0.1, 0.15) is 10.1 Å². The molecule has 2 saturated heterocycles. The number of nitrogens with two attached hydrogens (primary N) is 1. The number of nitrogens with one attached hydrogen (secondary N) is 3. The molecule has 5 N–H and O–H groups in total. The Kier molecular flexibility index (Phi) is 7.50. The second kappa shape index (κ2) is 10.9. The summed E-state index contributed by atoms with van der Waals surface area (Å²) in [6, 6.07) is 1.65. The molecule has 192 valence electrons. The fourth-order valence-corrected chi connectivity index (χ4v) is 4.64. The van der Waals surface area contributed by atoms with Crippen molar-refractivity contribution in [3.05, 3.63) is 24.2 Å². The molecule has 1 aliphatic carbocycles. The molecule has 4 heterocycles. The number of amides is 1. The SMILES string of the molecule is CN1CCN(c2nc(Nc3cc(C4CC4)[nH]n3)nc(N3CC[C@H]3C(=O)NC(I)/C=N\C=C/N)n2)CC1. The zero-order valence-electron chi connectivity index (χ0n) is 20.1. The molecule has 0 spiro atoms. The van der Waals surface area contributed by atoms with E-state index in [4.69, 9.17) is 15.7 Å². The lowest BCUT2D eigenvalue weighted by molar-refractivity contribution is -0.123. The lowest BCUT2D eigenvalue weighted by atomic mass is 10.0. The second-order valence-electron chi connectivity index (χ2n) is 9.21. The van der Waals surface area contributed by atoms with Gasteiger partial charge in [-0.15, -0.1) is 0 Å². The number of anilines is 4. The predicted octanol–water partition coefficient (Wildman–Crippen LogP) is 0.924. The van der Waals surface area contributed by atoms with Crippen molar-refractivity contribution in [1.29, 1.82) is 0 Å². The monoisotopic (exact) mass is 606 g/mol. The Morgan fingerprint density at radius 3 is 2.67 bits per heavy atom. The van der Waals surface area contributed by atoms with Gasteiger partial charge in [0.05, 0.1) is 0 Å². The van der Waals surface area contributed by atoms with Gasteiger partial charge in [0.25, 0.3) is 0 Å². The summed E-state index contributed by atoms with van der Waals surface area (Å²) < 4.78 is -0.259. The molecule has 1 unspecified atom stereocenters. The van der Waals surface area contributed by atoms with E-state index in [-0.39, 0.29) is 16.0 Å². The molecule has 0 aromatic carbocycles. The molecule has 2 aliphatic heterocycles. The maximum atomic E-state index is 12.9. The first-order valence-corrected chi connectivity index (χ1v) is 13.4. The Morgan fingerprint density at radius 2 is 1.97 bits per heavy atom. The summed E-state index contributed by atoms with van der Waals surface area (Å²) in [6.07, 6.45) is 7.54. The molecule has 2 atom stereocenters. The van der Waals surface area contributed by atoms with Crippen molar-refractivity contribution in [3.63, 3.8) is 0 Å². The number of aliphatic imine (C=N–C) groups is 1. The Hall–Kier alpha value is -3.01. The summed E-state index contributed by atoms with van der Waals surface area (Å²) in [5, 5.41) is 13.7. The van der Waals surface area contributed by atoms with Crippen LogP contribution < -0.4 is 26.2 Å². The first-order valence-electron chi connectivity index (χ1n) is 12.1. The Labute approximate surface area is 223 Å². The smallest absolute Gasteiger partial charge is 0.244 e. The number of nitrogens with zero attached hydrogens (tertiary/aromatic N) is 8. The number of aromatic nitrogens is 5. The maximum absolute atomic E-state index is 12.9. The number of hydrogen-bond acceptors (Lipinski definition) is 11. The third-order valence-corrected chi connectivity index (χ3v) is 7.13. The minimum atomic E-state index is -0.358. The van der Waals surface area contributed by atoms with Crippen LogP contribution in [0.4, 0.5) is 23.7 Å². The zero-order valence-corrected chi connectivity index (χ0v) is 22.3. The van der Waals surface area contributed by atoms with Gasteiger partial charge in [-0.05, 0) is 26.3 Å². The third-order valence-electron chi connectivity index (χ3n) is 6.50.